The molecule has 1 aromatic rings. The molecule has 5 aliphatic rings. The Balaban J connectivity index is 1.61. The topological polar surface area (TPSA) is 81.6 Å². The molecule has 1 N–H and O–H groups in total. The van der Waals surface area contributed by atoms with Crippen LogP contribution in [0, 0.1) is 5.92 Å². The van der Waals surface area contributed by atoms with E-state index >= 15 is 0 Å². The second-order valence-electron chi connectivity index (χ2n) is 10.3. The third-order valence-corrected chi connectivity index (χ3v) is 7.67. The predicted molar refractivity (Wildman–Crippen MR) is 129 cm³/mol. The highest BCUT2D eigenvalue weighted by atomic mass is 16.8. The zero-order valence-electron chi connectivity index (χ0n) is 20.5. The second-order valence-corrected chi connectivity index (χ2v) is 10.3. The maximum atomic E-state index is 13.8. The van der Waals surface area contributed by atoms with Crippen molar-refractivity contribution in [2.75, 3.05) is 6.61 Å². The number of hydrogen-bond acceptors (Lipinski definition) is 7. The first-order valence-electron chi connectivity index (χ1n) is 12.3. The first-order chi connectivity index (χ1) is 16.8. The Bertz CT molecular complexity index is 1170. The highest BCUT2D eigenvalue weighted by Crippen LogP contribution is 2.56. The standard InChI is InChI=1S/C27H31N3O5/c1-5-17(2)21-22-29-24-26(13-9-10-14-32-24)27(34-20(16-33-26)25(3,4)35-27)30(22)19(23(31)28-21)15-18-11-7-6-8-12-18/h6-14,17,19-20H,5,15-16H2,1-4H3,(H,28,31)/t17-,19+,20-,26-,27+/m1/s1. The summed E-state index contributed by atoms with van der Waals surface area (Å²) in [5.41, 5.74) is -0.180. The number of ether oxygens (including phenoxy) is 4. The summed E-state index contributed by atoms with van der Waals surface area (Å²) in [6.45, 7) is 8.46. The maximum absolute atomic E-state index is 13.8. The van der Waals surface area contributed by atoms with Gasteiger partial charge in [-0.15, -0.1) is 0 Å². The lowest BCUT2D eigenvalue weighted by Gasteiger charge is -2.57. The predicted octanol–water partition coefficient (Wildman–Crippen LogP) is 3.37. The fraction of sp³-hybridized carbons (Fsp3) is 0.481. The molecule has 0 radical (unpaired) electrons. The van der Waals surface area contributed by atoms with Crippen LogP contribution in [-0.2, 0) is 30.2 Å². The summed E-state index contributed by atoms with van der Waals surface area (Å²) in [5, 5.41) is 3.17. The largest absolute Gasteiger partial charge is 0.447 e. The Morgan fingerprint density at radius 1 is 1.23 bits per heavy atom. The van der Waals surface area contributed by atoms with Gasteiger partial charge in [0.1, 0.15) is 12.1 Å². The van der Waals surface area contributed by atoms with E-state index in [1.165, 1.54) is 0 Å². The van der Waals surface area contributed by atoms with E-state index in [9.17, 15) is 4.79 Å². The summed E-state index contributed by atoms with van der Waals surface area (Å²) >= 11 is 0. The molecule has 2 spiro atoms. The fourth-order valence-corrected chi connectivity index (χ4v) is 5.51. The van der Waals surface area contributed by atoms with Gasteiger partial charge in [0.25, 0.3) is 5.91 Å². The molecule has 6 rings (SSSR count). The molecule has 184 valence electrons. The zero-order chi connectivity index (χ0) is 24.4. The lowest BCUT2D eigenvalue weighted by molar-refractivity contribution is -0.360. The van der Waals surface area contributed by atoms with E-state index in [1.54, 1.807) is 12.3 Å². The summed E-state index contributed by atoms with van der Waals surface area (Å²) in [6.07, 6.45) is 8.04. The van der Waals surface area contributed by atoms with Crippen LogP contribution >= 0.6 is 0 Å². The number of allylic oxidation sites excluding steroid dienone is 3. The molecule has 5 atom stereocenters. The molecule has 8 nitrogen and oxygen atoms in total. The van der Waals surface area contributed by atoms with E-state index in [1.807, 2.05) is 61.2 Å². The summed E-state index contributed by atoms with van der Waals surface area (Å²) in [7, 11) is 0. The van der Waals surface area contributed by atoms with E-state index < -0.39 is 23.2 Å². The van der Waals surface area contributed by atoms with Gasteiger partial charge in [-0.05, 0) is 43.9 Å². The quantitative estimate of drug-likeness (QED) is 0.716. The minimum Gasteiger partial charge on any atom is -0.447 e. The molecule has 0 saturated carbocycles. The molecule has 1 amide bonds. The fourth-order valence-electron chi connectivity index (χ4n) is 5.51. The van der Waals surface area contributed by atoms with E-state index in [2.05, 4.69) is 19.2 Å². The average molecular weight is 478 g/mol. The van der Waals surface area contributed by atoms with Gasteiger partial charge in [0.2, 0.25) is 17.4 Å². The first-order valence-corrected chi connectivity index (χ1v) is 12.3. The Morgan fingerprint density at radius 3 is 2.80 bits per heavy atom. The smallest absolute Gasteiger partial charge is 0.298 e. The third-order valence-electron chi connectivity index (χ3n) is 7.67. The highest BCUT2D eigenvalue weighted by molar-refractivity contribution is 5.94. The molecule has 8 heteroatoms. The molecule has 35 heavy (non-hydrogen) atoms. The molecule has 2 fully saturated rings. The van der Waals surface area contributed by atoms with Gasteiger partial charge in [-0.25, -0.2) is 0 Å². The van der Waals surface area contributed by atoms with Crippen molar-refractivity contribution < 1.29 is 23.7 Å². The van der Waals surface area contributed by atoms with Crippen LogP contribution in [-0.4, -0.2) is 52.6 Å². The van der Waals surface area contributed by atoms with Crippen LogP contribution in [0.5, 0.6) is 0 Å². The Morgan fingerprint density at radius 2 is 2.03 bits per heavy atom. The van der Waals surface area contributed by atoms with Gasteiger partial charge in [0.15, 0.2) is 5.82 Å². The number of hydrogen-bond donors (Lipinski definition) is 1. The lowest BCUT2D eigenvalue weighted by atomic mass is 9.88. The van der Waals surface area contributed by atoms with Crippen LogP contribution in [0.15, 0.2) is 71.3 Å². The summed E-state index contributed by atoms with van der Waals surface area (Å²) in [5.74, 6) is -0.609. The monoisotopic (exact) mass is 477 g/mol. The number of aliphatic imine (C=N–C) groups is 1. The molecule has 2 bridgehead atoms. The minimum absolute atomic E-state index is 0.0500. The van der Waals surface area contributed by atoms with Crippen molar-refractivity contribution in [1.29, 1.82) is 0 Å². The van der Waals surface area contributed by atoms with Crippen molar-refractivity contribution in [2.24, 2.45) is 10.9 Å². The van der Waals surface area contributed by atoms with E-state index in [0.717, 1.165) is 17.7 Å². The van der Waals surface area contributed by atoms with Crippen LogP contribution in [0.25, 0.3) is 0 Å². The SMILES string of the molecule is CC[C@@H](C)C1=C2N=C3OC=CC=C[C@@]34OC[C@H]3O[C@@]4(OC3(C)C)N2[C@@H](Cc2ccccc2)C(=O)N1. The highest BCUT2D eigenvalue weighted by Gasteiger charge is 2.76. The minimum atomic E-state index is -1.47. The lowest BCUT2D eigenvalue weighted by Crippen LogP contribution is -2.77. The van der Waals surface area contributed by atoms with E-state index in [0.29, 0.717) is 24.7 Å². The number of rotatable bonds is 4. The number of nitrogens with zero attached hydrogens (tertiary/aromatic N) is 2. The van der Waals surface area contributed by atoms with Crippen molar-refractivity contribution in [1.82, 2.24) is 10.2 Å². The van der Waals surface area contributed by atoms with Gasteiger partial charge in [-0.2, -0.15) is 4.99 Å². The third kappa shape index (κ3) is 3.09. The number of fused-ring (bicyclic) bond motifs is 2. The molecular formula is C27H31N3O5. The average Bonchev–Trinajstić information content (AvgIpc) is 2.95. The van der Waals surface area contributed by atoms with Gasteiger partial charge in [0.05, 0.1) is 24.2 Å². The van der Waals surface area contributed by atoms with Crippen LogP contribution in [0.2, 0.25) is 0 Å². The summed E-state index contributed by atoms with van der Waals surface area (Å²) in [4.78, 5) is 20.7. The van der Waals surface area contributed by atoms with E-state index in [-0.39, 0.29) is 17.9 Å². The molecule has 5 heterocycles. The molecule has 0 unspecified atom stereocenters. The van der Waals surface area contributed by atoms with Crippen LogP contribution in [0.3, 0.4) is 0 Å². The van der Waals surface area contributed by atoms with E-state index in [4.69, 9.17) is 23.9 Å². The molecule has 5 aliphatic heterocycles. The molecule has 0 aliphatic carbocycles. The normalized spacial score (nSPS) is 35.3. The van der Waals surface area contributed by atoms with Crippen molar-refractivity contribution in [3.63, 3.8) is 0 Å². The summed E-state index contributed by atoms with van der Waals surface area (Å²) < 4.78 is 26.2. The summed E-state index contributed by atoms with van der Waals surface area (Å²) in [6, 6.07) is 9.32. The molecule has 1 aromatic carbocycles. The molecular weight excluding hydrogens is 446 g/mol. The zero-order valence-corrected chi connectivity index (χ0v) is 20.5. The van der Waals surface area contributed by atoms with Crippen molar-refractivity contribution >= 4 is 11.8 Å². The second kappa shape index (κ2) is 7.78. The maximum Gasteiger partial charge on any atom is 0.298 e. The Hall–Kier alpha value is -2.94. The number of carbonyl (C=O) groups is 1. The van der Waals surface area contributed by atoms with Gasteiger partial charge < -0.3 is 24.3 Å². The van der Waals surface area contributed by atoms with Crippen molar-refractivity contribution in [2.45, 2.75) is 69.8 Å². The Kier molecular flexibility index (Phi) is 5.01. The van der Waals surface area contributed by atoms with Gasteiger partial charge in [-0.1, -0.05) is 50.3 Å². The van der Waals surface area contributed by atoms with Crippen LogP contribution < -0.4 is 5.32 Å². The number of nitrogens with one attached hydrogen (secondary N) is 1. The number of benzene rings is 1. The van der Waals surface area contributed by atoms with Gasteiger partial charge >= 0.3 is 0 Å². The van der Waals surface area contributed by atoms with Gasteiger partial charge in [-0.3, -0.25) is 9.69 Å². The van der Waals surface area contributed by atoms with Gasteiger partial charge in [0, 0.05) is 6.42 Å². The molecule has 2 saturated heterocycles. The number of amides is 1. The van der Waals surface area contributed by atoms with Crippen LogP contribution in [0.4, 0.5) is 0 Å². The van der Waals surface area contributed by atoms with Crippen LogP contribution in [0.1, 0.15) is 39.7 Å². The van der Waals surface area contributed by atoms with Crippen molar-refractivity contribution in [3.8, 4) is 0 Å². The first kappa shape index (κ1) is 22.5. The Labute approximate surface area is 205 Å². The number of carbonyl (C=O) groups excluding carboxylic acids is 1. The van der Waals surface area contributed by atoms with Crippen molar-refractivity contribution in [3.05, 3.63) is 71.9 Å². The molecule has 0 aromatic heterocycles.